The van der Waals surface area contributed by atoms with Gasteiger partial charge in [-0.15, -0.1) is 0 Å². The lowest BCUT2D eigenvalue weighted by Gasteiger charge is -2.17. The number of ether oxygens (including phenoxy) is 2. The highest BCUT2D eigenvalue weighted by Crippen LogP contribution is 2.47. The molecule has 0 spiro atoms. The number of benzene rings is 2. The van der Waals surface area contributed by atoms with Crippen LogP contribution in [0.1, 0.15) is 35.1 Å². The molecular weight excluding hydrogens is 260 g/mol. The summed E-state index contributed by atoms with van der Waals surface area (Å²) in [5, 5.41) is 0. The Morgan fingerprint density at radius 2 is 1.57 bits per heavy atom. The molecule has 0 saturated carbocycles. The Bertz CT molecular complexity index is 696. The molecule has 0 N–H and O–H groups in total. The van der Waals surface area contributed by atoms with E-state index in [0.717, 1.165) is 17.1 Å². The highest BCUT2D eigenvalue weighted by Gasteiger charge is 2.27. The minimum Gasteiger partial charge on any atom is -0.493 e. The zero-order chi connectivity index (χ0) is 15.0. The number of rotatable bonds is 3. The summed E-state index contributed by atoms with van der Waals surface area (Å²) in [5.41, 5.74) is 6.36. The van der Waals surface area contributed by atoms with E-state index >= 15 is 0 Å². The monoisotopic (exact) mass is 280 g/mol. The largest absolute Gasteiger partial charge is 0.493 e. The molecule has 0 aromatic heterocycles. The third-order valence-corrected chi connectivity index (χ3v) is 4.17. The molecule has 0 bridgehead atoms. The smallest absolute Gasteiger partial charge is 0.168 e. The quantitative estimate of drug-likeness (QED) is 0.820. The van der Waals surface area contributed by atoms with Crippen molar-refractivity contribution in [2.45, 2.75) is 19.8 Å². The Labute approximate surface area is 126 Å². The van der Waals surface area contributed by atoms with Crippen LogP contribution in [-0.2, 0) is 0 Å². The minimum atomic E-state index is 0.306. The number of allylic oxidation sites excluding steroid dienone is 1. The standard InChI is InChI=1S/C19H20O2/c1-12-5-7-14(8-6-12)18-13(2)11-16-15(18)9-10-17(20-3)19(16)21-4/h5-11,18H,1-4H3. The number of methoxy groups -OCH3 is 2. The maximum Gasteiger partial charge on any atom is 0.168 e. The van der Waals surface area contributed by atoms with Crippen LogP contribution in [-0.4, -0.2) is 14.2 Å². The van der Waals surface area contributed by atoms with Crippen LogP contribution in [0.2, 0.25) is 0 Å². The maximum atomic E-state index is 5.56. The first-order valence-electron chi connectivity index (χ1n) is 7.15. The van der Waals surface area contributed by atoms with Crippen molar-refractivity contribution in [3.8, 4) is 11.5 Å². The van der Waals surface area contributed by atoms with Gasteiger partial charge in [0, 0.05) is 11.5 Å². The van der Waals surface area contributed by atoms with Crippen molar-refractivity contribution in [2.24, 2.45) is 0 Å². The summed E-state index contributed by atoms with van der Waals surface area (Å²) in [6.07, 6.45) is 2.21. The molecule has 108 valence electrons. The molecule has 0 radical (unpaired) electrons. The van der Waals surface area contributed by atoms with E-state index in [1.807, 2.05) is 6.07 Å². The fourth-order valence-corrected chi connectivity index (χ4v) is 3.12. The molecule has 2 aromatic carbocycles. The van der Waals surface area contributed by atoms with Crippen molar-refractivity contribution in [1.82, 2.24) is 0 Å². The number of fused-ring (bicyclic) bond motifs is 1. The highest BCUT2D eigenvalue weighted by molar-refractivity contribution is 5.75. The first kappa shape index (κ1) is 13.7. The van der Waals surface area contributed by atoms with Crippen molar-refractivity contribution in [2.75, 3.05) is 14.2 Å². The lowest BCUT2D eigenvalue weighted by atomic mass is 9.88. The number of hydrogen-bond acceptors (Lipinski definition) is 2. The molecule has 1 unspecified atom stereocenters. The SMILES string of the molecule is COc1ccc2c(c1OC)C=C(C)C2c1ccc(C)cc1. The van der Waals surface area contributed by atoms with Gasteiger partial charge in [-0.1, -0.05) is 47.5 Å². The first-order chi connectivity index (χ1) is 10.2. The fraction of sp³-hybridized carbons (Fsp3) is 0.263. The van der Waals surface area contributed by atoms with Crippen molar-refractivity contribution in [3.63, 3.8) is 0 Å². The van der Waals surface area contributed by atoms with Crippen LogP contribution in [0.3, 0.4) is 0 Å². The van der Waals surface area contributed by atoms with Gasteiger partial charge in [0.25, 0.3) is 0 Å². The maximum absolute atomic E-state index is 5.56. The van der Waals surface area contributed by atoms with E-state index < -0.39 is 0 Å². The second-order valence-corrected chi connectivity index (χ2v) is 5.54. The molecule has 2 aromatic rings. The Morgan fingerprint density at radius 1 is 0.857 bits per heavy atom. The first-order valence-corrected chi connectivity index (χ1v) is 7.15. The van der Waals surface area contributed by atoms with Gasteiger partial charge >= 0.3 is 0 Å². The Morgan fingerprint density at radius 3 is 2.19 bits per heavy atom. The Kier molecular flexibility index (Phi) is 3.46. The molecule has 3 rings (SSSR count). The van der Waals surface area contributed by atoms with Crippen molar-refractivity contribution in [3.05, 3.63) is 64.2 Å². The van der Waals surface area contributed by atoms with Crippen molar-refractivity contribution >= 4 is 6.08 Å². The van der Waals surface area contributed by atoms with Crippen LogP contribution in [0.15, 0.2) is 42.0 Å². The van der Waals surface area contributed by atoms with Gasteiger partial charge in [0.2, 0.25) is 0 Å². The van der Waals surface area contributed by atoms with Gasteiger partial charge in [-0.25, -0.2) is 0 Å². The van der Waals surface area contributed by atoms with E-state index in [9.17, 15) is 0 Å². The van der Waals surface area contributed by atoms with E-state index in [-0.39, 0.29) is 0 Å². The van der Waals surface area contributed by atoms with Gasteiger partial charge in [-0.3, -0.25) is 0 Å². The molecule has 0 heterocycles. The van der Waals surface area contributed by atoms with Gasteiger partial charge in [-0.2, -0.15) is 0 Å². The summed E-state index contributed by atoms with van der Waals surface area (Å²) < 4.78 is 11.0. The molecule has 0 saturated heterocycles. The predicted molar refractivity (Wildman–Crippen MR) is 86.2 cm³/mol. The van der Waals surface area contributed by atoms with E-state index in [4.69, 9.17) is 9.47 Å². The van der Waals surface area contributed by atoms with E-state index in [0.29, 0.717) is 5.92 Å². The fourth-order valence-electron chi connectivity index (χ4n) is 3.12. The second-order valence-electron chi connectivity index (χ2n) is 5.54. The minimum absolute atomic E-state index is 0.306. The molecular formula is C19H20O2. The van der Waals surface area contributed by atoms with Gasteiger partial charge in [0.05, 0.1) is 14.2 Å². The van der Waals surface area contributed by atoms with Crippen LogP contribution in [0, 0.1) is 6.92 Å². The van der Waals surface area contributed by atoms with Gasteiger partial charge < -0.3 is 9.47 Å². The van der Waals surface area contributed by atoms with E-state index in [1.54, 1.807) is 14.2 Å². The second kappa shape index (κ2) is 5.28. The predicted octanol–water partition coefficient (Wildman–Crippen LogP) is 4.56. The molecule has 2 heteroatoms. The van der Waals surface area contributed by atoms with E-state index in [1.165, 1.54) is 22.3 Å². The summed E-state index contributed by atoms with van der Waals surface area (Å²) in [6.45, 7) is 4.29. The molecule has 21 heavy (non-hydrogen) atoms. The lowest BCUT2D eigenvalue weighted by Crippen LogP contribution is -2.01. The van der Waals surface area contributed by atoms with Gasteiger partial charge in [0.15, 0.2) is 11.5 Å². The zero-order valence-corrected chi connectivity index (χ0v) is 12.9. The summed E-state index contributed by atoms with van der Waals surface area (Å²) in [7, 11) is 3.37. The molecule has 0 fully saturated rings. The van der Waals surface area contributed by atoms with Gasteiger partial charge in [-0.05, 0) is 31.0 Å². The Balaban J connectivity index is 2.14. The molecule has 2 nitrogen and oxygen atoms in total. The molecule has 1 atom stereocenters. The topological polar surface area (TPSA) is 18.5 Å². The van der Waals surface area contributed by atoms with Crippen LogP contribution in [0.4, 0.5) is 0 Å². The molecule has 1 aliphatic rings. The van der Waals surface area contributed by atoms with Crippen LogP contribution < -0.4 is 9.47 Å². The third kappa shape index (κ3) is 2.21. The van der Waals surface area contributed by atoms with Gasteiger partial charge in [0.1, 0.15) is 0 Å². The average molecular weight is 280 g/mol. The third-order valence-electron chi connectivity index (χ3n) is 4.17. The summed E-state index contributed by atoms with van der Waals surface area (Å²) in [5.74, 6) is 1.91. The summed E-state index contributed by atoms with van der Waals surface area (Å²) in [4.78, 5) is 0. The lowest BCUT2D eigenvalue weighted by molar-refractivity contribution is 0.354. The molecule has 0 aliphatic heterocycles. The van der Waals surface area contributed by atoms with Crippen LogP contribution >= 0.6 is 0 Å². The van der Waals surface area contributed by atoms with Crippen molar-refractivity contribution < 1.29 is 9.47 Å². The average Bonchev–Trinajstić information content (AvgIpc) is 2.83. The Hall–Kier alpha value is -2.22. The number of aryl methyl sites for hydroxylation is 1. The molecule has 1 aliphatic carbocycles. The van der Waals surface area contributed by atoms with Crippen LogP contribution in [0.25, 0.3) is 6.08 Å². The summed E-state index contributed by atoms with van der Waals surface area (Å²) >= 11 is 0. The zero-order valence-electron chi connectivity index (χ0n) is 12.9. The van der Waals surface area contributed by atoms with Crippen LogP contribution in [0.5, 0.6) is 11.5 Å². The number of hydrogen-bond donors (Lipinski definition) is 0. The summed E-state index contributed by atoms with van der Waals surface area (Å²) in [6, 6.07) is 12.9. The highest BCUT2D eigenvalue weighted by atomic mass is 16.5. The normalized spacial score (nSPS) is 16.4. The van der Waals surface area contributed by atoms with E-state index in [2.05, 4.69) is 50.3 Å². The van der Waals surface area contributed by atoms with Crippen molar-refractivity contribution in [1.29, 1.82) is 0 Å². The molecule has 0 amide bonds.